The van der Waals surface area contributed by atoms with Crippen LogP contribution in [-0.2, 0) is 4.74 Å². The highest BCUT2D eigenvalue weighted by Crippen LogP contribution is 2.04. The van der Waals surface area contributed by atoms with Crippen molar-refractivity contribution in [3.8, 4) is 0 Å². The van der Waals surface area contributed by atoms with E-state index in [2.05, 4.69) is 10.1 Å². The molecule has 4 heteroatoms. The minimum atomic E-state index is -0.997. The SMILES string of the molecule is O[C]1OCCNC1O. The molecule has 1 rings (SSSR count). The number of hydrogen-bond acceptors (Lipinski definition) is 4. The van der Waals surface area contributed by atoms with Crippen LogP contribution in [0.15, 0.2) is 0 Å². The molecule has 1 unspecified atom stereocenters. The summed E-state index contributed by atoms with van der Waals surface area (Å²) in [7, 11) is 0. The summed E-state index contributed by atoms with van der Waals surface area (Å²) in [5.41, 5.74) is 0. The molecule has 3 N–H and O–H groups in total. The first-order chi connectivity index (χ1) is 3.80. The first-order valence-corrected chi connectivity index (χ1v) is 2.41. The minimum absolute atomic E-state index is 0.337. The van der Waals surface area contributed by atoms with E-state index in [9.17, 15) is 0 Å². The average molecular weight is 118 g/mol. The second kappa shape index (κ2) is 2.41. The monoisotopic (exact) mass is 118 g/mol. The molecule has 0 amide bonds. The van der Waals surface area contributed by atoms with Gasteiger partial charge in [-0.15, -0.1) is 0 Å². The summed E-state index contributed by atoms with van der Waals surface area (Å²) in [5, 5.41) is 19.8. The lowest BCUT2D eigenvalue weighted by Gasteiger charge is -2.22. The fraction of sp³-hybridized carbons (Fsp3) is 0.750. The lowest BCUT2D eigenvalue weighted by molar-refractivity contribution is -0.103. The molecule has 0 aromatic rings. The van der Waals surface area contributed by atoms with Gasteiger partial charge in [-0.25, -0.2) is 0 Å². The van der Waals surface area contributed by atoms with Gasteiger partial charge in [0.1, 0.15) is 0 Å². The number of rotatable bonds is 0. The van der Waals surface area contributed by atoms with Crippen LogP contribution in [-0.4, -0.2) is 29.6 Å². The Kier molecular flexibility index (Phi) is 1.80. The smallest absolute Gasteiger partial charge is 0.266 e. The van der Waals surface area contributed by atoms with Crippen molar-refractivity contribution in [1.29, 1.82) is 0 Å². The van der Waals surface area contributed by atoms with Crippen LogP contribution in [0.5, 0.6) is 0 Å². The van der Waals surface area contributed by atoms with E-state index in [1.807, 2.05) is 0 Å². The van der Waals surface area contributed by atoms with Gasteiger partial charge in [0.2, 0.25) is 0 Å². The van der Waals surface area contributed by atoms with Crippen LogP contribution in [0.2, 0.25) is 0 Å². The van der Waals surface area contributed by atoms with Crippen molar-refractivity contribution in [3.63, 3.8) is 0 Å². The number of aliphatic hydroxyl groups is 2. The predicted molar refractivity (Wildman–Crippen MR) is 25.1 cm³/mol. The topological polar surface area (TPSA) is 61.7 Å². The number of morpholine rings is 1. The molecular formula is C4H8NO3. The molecule has 1 aliphatic rings. The summed E-state index contributed by atoms with van der Waals surface area (Å²) in [6.45, 7) is 0.994. The Bertz CT molecular complexity index is 67.7. The number of aliphatic hydroxyl groups excluding tert-OH is 2. The van der Waals surface area contributed by atoms with Crippen molar-refractivity contribution in [2.45, 2.75) is 6.23 Å². The zero-order valence-corrected chi connectivity index (χ0v) is 4.29. The average Bonchev–Trinajstić information content (AvgIpc) is 1.77. The minimum Gasteiger partial charge on any atom is -0.373 e. The number of ether oxygens (including phenoxy) is 1. The Morgan fingerprint density at radius 2 is 2.50 bits per heavy atom. The summed E-state index contributed by atoms with van der Waals surface area (Å²) in [6.07, 6.45) is -1.33. The third-order valence-electron chi connectivity index (χ3n) is 0.924. The summed E-state index contributed by atoms with van der Waals surface area (Å²) in [4.78, 5) is 0. The van der Waals surface area contributed by atoms with Crippen molar-refractivity contribution in [2.24, 2.45) is 0 Å². The Balaban J connectivity index is 2.28. The van der Waals surface area contributed by atoms with E-state index in [0.717, 1.165) is 0 Å². The second-order valence-corrected chi connectivity index (χ2v) is 1.54. The van der Waals surface area contributed by atoms with Gasteiger partial charge in [-0.05, 0) is 0 Å². The number of nitrogens with one attached hydrogen (secondary N) is 1. The third-order valence-corrected chi connectivity index (χ3v) is 0.924. The van der Waals surface area contributed by atoms with E-state index in [1.165, 1.54) is 0 Å². The molecule has 0 aromatic carbocycles. The van der Waals surface area contributed by atoms with Gasteiger partial charge in [0, 0.05) is 6.54 Å². The van der Waals surface area contributed by atoms with Gasteiger partial charge in [-0.1, -0.05) is 0 Å². The maximum atomic E-state index is 8.65. The lowest BCUT2D eigenvalue weighted by Crippen LogP contribution is -2.43. The van der Waals surface area contributed by atoms with Gasteiger partial charge in [0.15, 0.2) is 6.23 Å². The Labute approximate surface area is 47.1 Å². The predicted octanol–water partition coefficient (Wildman–Crippen LogP) is -1.21. The van der Waals surface area contributed by atoms with Crippen molar-refractivity contribution in [1.82, 2.24) is 5.32 Å². The standard InChI is InChI=1S/C4H8NO3/c6-3-4(7)8-2-1-5-3/h3,5-7H,1-2H2. The molecule has 1 fully saturated rings. The van der Waals surface area contributed by atoms with Crippen LogP contribution in [0, 0.1) is 6.29 Å². The van der Waals surface area contributed by atoms with Crippen LogP contribution < -0.4 is 5.32 Å². The molecule has 0 aliphatic carbocycles. The first-order valence-electron chi connectivity index (χ1n) is 2.41. The summed E-state index contributed by atoms with van der Waals surface area (Å²) in [5.74, 6) is 0. The molecule has 1 aliphatic heterocycles. The molecule has 8 heavy (non-hydrogen) atoms. The largest absolute Gasteiger partial charge is 0.373 e. The molecular weight excluding hydrogens is 110 g/mol. The maximum Gasteiger partial charge on any atom is 0.266 e. The van der Waals surface area contributed by atoms with Gasteiger partial charge in [-0.2, -0.15) is 0 Å². The van der Waals surface area contributed by atoms with Gasteiger partial charge >= 0.3 is 0 Å². The second-order valence-electron chi connectivity index (χ2n) is 1.54. The van der Waals surface area contributed by atoms with Crippen LogP contribution in [0.1, 0.15) is 0 Å². The molecule has 1 atom stereocenters. The zero-order valence-electron chi connectivity index (χ0n) is 4.29. The summed E-state index contributed by atoms with van der Waals surface area (Å²) >= 11 is 0. The van der Waals surface area contributed by atoms with Gasteiger partial charge in [-0.3, -0.25) is 5.32 Å². The first kappa shape index (κ1) is 5.97. The Hall–Kier alpha value is -0.160. The van der Waals surface area contributed by atoms with Gasteiger partial charge < -0.3 is 14.9 Å². The highest BCUT2D eigenvalue weighted by Gasteiger charge is 2.21. The van der Waals surface area contributed by atoms with Crippen molar-refractivity contribution < 1.29 is 14.9 Å². The zero-order chi connectivity index (χ0) is 5.98. The fourth-order valence-corrected chi connectivity index (χ4v) is 0.517. The molecule has 0 saturated carbocycles. The molecule has 1 heterocycles. The fourth-order valence-electron chi connectivity index (χ4n) is 0.517. The normalized spacial score (nSPS) is 33.0. The van der Waals surface area contributed by atoms with Crippen LogP contribution in [0.4, 0.5) is 0 Å². The van der Waals surface area contributed by atoms with Crippen molar-refractivity contribution in [3.05, 3.63) is 6.29 Å². The van der Waals surface area contributed by atoms with Gasteiger partial charge in [0.25, 0.3) is 6.29 Å². The quantitative estimate of drug-likeness (QED) is 0.373. The molecule has 0 spiro atoms. The van der Waals surface area contributed by atoms with Gasteiger partial charge in [0.05, 0.1) is 6.61 Å². The summed E-state index contributed by atoms with van der Waals surface area (Å²) in [6, 6.07) is 0. The Morgan fingerprint density at radius 3 is 2.88 bits per heavy atom. The molecule has 0 bridgehead atoms. The van der Waals surface area contributed by atoms with E-state index < -0.39 is 6.23 Å². The van der Waals surface area contributed by atoms with E-state index in [4.69, 9.17) is 10.2 Å². The molecule has 47 valence electrons. The van der Waals surface area contributed by atoms with Crippen molar-refractivity contribution in [2.75, 3.05) is 13.2 Å². The van der Waals surface area contributed by atoms with Crippen LogP contribution >= 0.6 is 0 Å². The number of hydrogen-bond donors (Lipinski definition) is 3. The molecule has 1 saturated heterocycles. The highest BCUT2D eigenvalue weighted by molar-refractivity contribution is 4.75. The van der Waals surface area contributed by atoms with Crippen molar-refractivity contribution >= 4 is 0 Å². The van der Waals surface area contributed by atoms with E-state index in [0.29, 0.717) is 13.2 Å². The maximum absolute atomic E-state index is 8.65. The van der Waals surface area contributed by atoms with E-state index >= 15 is 0 Å². The molecule has 0 aromatic heterocycles. The lowest BCUT2D eigenvalue weighted by atomic mass is 10.4. The summed E-state index contributed by atoms with van der Waals surface area (Å²) < 4.78 is 4.55. The van der Waals surface area contributed by atoms with Crippen LogP contribution in [0.25, 0.3) is 0 Å². The molecule has 4 nitrogen and oxygen atoms in total. The Morgan fingerprint density at radius 1 is 1.75 bits per heavy atom. The highest BCUT2D eigenvalue weighted by atomic mass is 16.6. The van der Waals surface area contributed by atoms with Crippen LogP contribution in [0.3, 0.4) is 0 Å². The van der Waals surface area contributed by atoms with E-state index in [1.54, 1.807) is 0 Å². The third kappa shape index (κ3) is 1.16. The van der Waals surface area contributed by atoms with E-state index in [-0.39, 0.29) is 6.29 Å². The molecule has 1 radical (unpaired) electrons.